The SMILES string of the molecule is C=C(C)C(=O)OC(C)COC(C)COC(C)COC(C)COCCCCC. The normalized spacial score (nSPS) is 15.8. The molecule has 27 heavy (non-hydrogen) atoms. The van der Waals surface area contributed by atoms with Crippen LogP contribution in [0.1, 0.15) is 60.8 Å². The number of unbranched alkanes of at least 4 members (excludes halogenated alkanes) is 2. The summed E-state index contributed by atoms with van der Waals surface area (Å²) in [6.45, 7) is 17.7. The Kier molecular flexibility index (Phi) is 15.5. The number of hydrogen-bond acceptors (Lipinski definition) is 6. The Hall–Kier alpha value is -0.950. The molecule has 6 nitrogen and oxygen atoms in total. The van der Waals surface area contributed by atoms with E-state index in [1.807, 2.05) is 20.8 Å². The number of rotatable bonds is 17. The molecule has 160 valence electrons. The van der Waals surface area contributed by atoms with Crippen molar-refractivity contribution < 1.29 is 28.5 Å². The van der Waals surface area contributed by atoms with Gasteiger partial charge in [-0.1, -0.05) is 26.3 Å². The van der Waals surface area contributed by atoms with Crippen molar-refractivity contribution in [1.29, 1.82) is 0 Å². The average molecular weight is 389 g/mol. The predicted molar refractivity (Wildman–Crippen MR) is 107 cm³/mol. The summed E-state index contributed by atoms with van der Waals surface area (Å²) in [4.78, 5) is 11.4. The zero-order chi connectivity index (χ0) is 20.7. The van der Waals surface area contributed by atoms with Gasteiger partial charge in [-0.15, -0.1) is 0 Å². The van der Waals surface area contributed by atoms with E-state index in [4.69, 9.17) is 23.7 Å². The first-order chi connectivity index (χ1) is 12.8. The largest absolute Gasteiger partial charge is 0.457 e. The van der Waals surface area contributed by atoms with Gasteiger partial charge in [0, 0.05) is 12.2 Å². The monoisotopic (exact) mass is 388 g/mol. The number of carbonyl (C=O) groups is 1. The average Bonchev–Trinajstić information content (AvgIpc) is 2.62. The quantitative estimate of drug-likeness (QED) is 0.214. The van der Waals surface area contributed by atoms with Gasteiger partial charge in [0.1, 0.15) is 6.10 Å². The third-order valence-corrected chi connectivity index (χ3v) is 3.75. The summed E-state index contributed by atoms with van der Waals surface area (Å²) in [5.74, 6) is -0.399. The smallest absolute Gasteiger partial charge is 0.333 e. The summed E-state index contributed by atoms with van der Waals surface area (Å²) in [6, 6.07) is 0. The lowest BCUT2D eigenvalue weighted by Gasteiger charge is -2.21. The van der Waals surface area contributed by atoms with Gasteiger partial charge in [-0.25, -0.2) is 4.79 Å². The number of esters is 1. The second-order valence-electron chi connectivity index (χ2n) is 7.21. The molecule has 4 unspecified atom stereocenters. The fourth-order valence-corrected chi connectivity index (χ4v) is 2.06. The summed E-state index contributed by atoms with van der Waals surface area (Å²) in [5, 5.41) is 0. The lowest BCUT2D eigenvalue weighted by molar-refractivity contribution is -0.148. The fraction of sp³-hybridized carbons (Fsp3) is 0.857. The van der Waals surface area contributed by atoms with E-state index in [1.54, 1.807) is 13.8 Å². The molecule has 0 radical (unpaired) electrons. The van der Waals surface area contributed by atoms with Crippen LogP contribution in [0, 0.1) is 0 Å². The van der Waals surface area contributed by atoms with Crippen LogP contribution in [0.2, 0.25) is 0 Å². The van der Waals surface area contributed by atoms with E-state index in [9.17, 15) is 4.79 Å². The van der Waals surface area contributed by atoms with Crippen molar-refractivity contribution in [1.82, 2.24) is 0 Å². The third-order valence-electron chi connectivity index (χ3n) is 3.75. The van der Waals surface area contributed by atoms with Crippen molar-refractivity contribution in [2.75, 3.05) is 33.0 Å². The van der Waals surface area contributed by atoms with E-state index < -0.39 is 5.97 Å². The molecule has 0 saturated carbocycles. The maximum absolute atomic E-state index is 11.4. The molecule has 0 spiro atoms. The Bertz CT molecular complexity index is 398. The van der Waals surface area contributed by atoms with Crippen molar-refractivity contribution in [3.05, 3.63) is 12.2 Å². The van der Waals surface area contributed by atoms with E-state index in [0.717, 1.165) is 13.0 Å². The fourth-order valence-electron chi connectivity index (χ4n) is 2.06. The second kappa shape index (κ2) is 16.0. The summed E-state index contributed by atoms with van der Waals surface area (Å²) in [7, 11) is 0. The van der Waals surface area contributed by atoms with Crippen molar-refractivity contribution in [3.8, 4) is 0 Å². The molecule has 0 aliphatic rings. The molecular formula is C21H40O6. The molecule has 6 heteroatoms. The molecule has 0 aromatic rings. The lowest BCUT2D eigenvalue weighted by Crippen LogP contribution is -2.29. The summed E-state index contributed by atoms with van der Waals surface area (Å²) in [6.07, 6.45) is 3.10. The molecule has 0 aliphatic heterocycles. The standard InChI is InChI=1S/C21H40O6/c1-8-9-10-11-23-12-17(4)24-13-18(5)25-14-19(6)26-15-20(7)27-21(22)16(2)3/h17-20H,2,8-15H2,1,3-7H3. The van der Waals surface area contributed by atoms with Crippen LogP contribution in [-0.2, 0) is 28.5 Å². The molecule has 0 amide bonds. The molecule has 0 aromatic carbocycles. The molecular weight excluding hydrogens is 348 g/mol. The maximum atomic E-state index is 11.4. The minimum Gasteiger partial charge on any atom is -0.457 e. The van der Waals surface area contributed by atoms with Crippen LogP contribution in [0.15, 0.2) is 12.2 Å². The van der Waals surface area contributed by atoms with Gasteiger partial charge >= 0.3 is 5.97 Å². The predicted octanol–water partition coefficient (Wildman–Crippen LogP) is 3.92. The highest BCUT2D eigenvalue weighted by molar-refractivity contribution is 5.87. The zero-order valence-corrected chi connectivity index (χ0v) is 18.1. The first kappa shape index (κ1) is 26.1. The highest BCUT2D eigenvalue weighted by Gasteiger charge is 2.14. The van der Waals surface area contributed by atoms with Crippen LogP contribution in [0.4, 0.5) is 0 Å². The molecule has 0 aliphatic carbocycles. The minimum absolute atomic E-state index is 0.0303. The Balaban J connectivity index is 3.74. The van der Waals surface area contributed by atoms with Crippen LogP contribution in [-0.4, -0.2) is 63.4 Å². The highest BCUT2D eigenvalue weighted by atomic mass is 16.6. The topological polar surface area (TPSA) is 63.2 Å². The van der Waals surface area contributed by atoms with Gasteiger partial charge in [0.15, 0.2) is 0 Å². The van der Waals surface area contributed by atoms with E-state index in [-0.39, 0.29) is 24.4 Å². The minimum atomic E-state index is -0.399. The van der Waals surface area contributed by atoms with Gasteiger partial charge in [-0.3, -0.25) is 0 Å². The highest BCUT2D eigenvalue weighted by Crippen LogP contribution is 2.04. The van der Waals surface area contributed by atoms with Crippen molar-refractivity contribution >= 4 is 5.97 Å². The Morgan fingerprint density at radius 3 is 1.78 bits per heavy atom. The van der Waals surface area contributed by atoms with E-state index >= 15 is 0 Å². The van der Waals surface area contributed by atoms with Gasteiger partial charge in [0.2, 0.25) is 0 Å². The molecule has 0 saturated heterocycles. The molecule has 4 atom stereocenters. The molecule has 0 bridgehead atoms. The van der Waals surface area contributed by atoms with Gasteiger partial charge in [0.25, 0.3) is 0 Å². The van der Waals surface area contributed by atoms with Gasteiger partial charge in [-0.05, 0) is 41.0 Å². The third kappa shape index (κ3) is 15.8. The number of hydrogen-bond donors (Lipinski definition) is 0. The molecule has 0 fully saturated rings. The molecule has 0 aromatic heterocycles. The van der Waals surface area contributed by atoms with Crippen LogP contribution in [0.25, 0.3) is 0 Å². The Morgan fingerprint density at radius 1 is 0.815 bits per heavy atom. The molecule has 0 heterocycles. The van der Waals surface area contributed by atoms with Crippen molar-refractivity contribution in [2.45, 2.75) is 85.2 Å². The van der Waals surface area contributed by atoms with Gasteiger partial charge in [-0.2, -0.15) is 0 Å². The first-order valence-electron chi connectivity index (χ1n) is 10.0. The van der Waals surface area contributed by atoms with Crippen molar-refractivity contribution in [3.63, 3.8) is 0 Å². The number of carbonyl (C=O) groups excluding carboxylic acids is 1. The van der Waals surface area contributed by atoms with Crippen LogP contribution < -0.4 is 0 Å². The van der Waals surface area contributed by atoms with Crippen LogP contribution >= 0.6 is 0 Å². The molecule has 0 rings (SSSR count). The van der Waals surface area contributed by atoms with E-state index in [2.05, 4.69) is 13.5 Å². The van der Waals surface area contributed by atoms with E-state index in [1.165, 1.54) is 12.8 Å². The summed E-state index contributed by atoms with van der Waals surface area (Å²) >= 11 is 0. The van der Waals surface area contributed by atoms with Gasteiger partial charge < -0.3 is 23.7 Å². The lowest BCUT2D eigenvalue weighted by atomic mass is 10.3. The summed E-state index contributed by atoms with van der Waals surface area (Å²) in [5.41, 5.74) is 0.382. The van der Waals surface area contributed by atoms with E-state index in [0.29, 0.717) is 32.0 Å². The maximum Gasteiger partial charge on any atom is 0.333 e. The summed E-state index contributed by atoms with van der Waals surface area (Å²) < 4.78 is 27.9. The Labute approximate surface area is 165 Å². The van der Waals surface area contributed by atoms with Crippen molar-refractivity contribution in [2.24, 2.45) is 0 Å². The Morgan fingerprint density at radius 2 is 1.30 bits per heavy atom. The van der Waals surface area contributed by atoms with Crippen LogP contribution in [0.3, 0.4) is 0 Å². The number of ether oxygens (including phenoxy) is 5. The van der Waals surface area contributed by atoms with Crippen LogP contribution in [0.5, 0.6) is 0 Å². The molecule has 0 N–H and O–H groups in total. The van der Waals surface area contributed by atoms with Gasteiger partial charge in [0.05, 0.1) is 44.7 Å². The second-order valence-corrected chi connectivity index (χ2v) is 7.21. The first-order valence-corrected chi connectivity index (χ1v) is 10.0. The zero-order valence-electron chi connectivity index (χ0n) is 18.1.